The van der Waals surface area contributed by atoms with Crippen molar-refractivity contribution in [3.05, 3.63) is 59.4 Å². The van der Waals surface area contributed by atoms with Gasteiger partial charge in [0.15, 0.2) is 6.61 Å². The number of aromatic nitrogens is 2. The summed E-state index contributed by atoms with van der Waals surface area (Å²) in [7, 11) is 0. The van der Waals surface area contributed by atoms with Gasteiger partial charge in [0.2, 0.25) is 0 Å². The number of hydrogen-bond acceptors (Lipinski definition) is 5. The standard InChI is InChI=1S/C25H31N3O4/c1-17(2)32-25(30)15-28-21-9-6-5-8-20(21)27-23(28)10-7-13-26-24(29)16-31-22-14-18(3)11-12-19(22)4/h5-6,8-9,11-12,14,17H,7,10,13,15-16H2,1-4H3,(H,26,29). The number of benzene rings is 2. The van der Waals surface area contributed by atoms with Crippen LogP contribution in [0.3, 0.4) is 0 Å². The van der Waals surface area contributed by atoms with Crippen LogP contribution in [0.5, 0.6) is 5.75 Å². The van der Waals surface area contributed by atoms with E-state index in [2.05, 4.69) is 10.3 Å². The van der Waals surface area contributed by atoms with Crippen molar-refractivity contribution < 1.29 is 19.1 Å². The molecule has 32 heavy (non-hydrogen) atoms. The Bertz CT molecular complexity index is 1090. The first kappa shape index (κ1) is 23.3. The smallest absolute Gasteiger partial charge is 0.326 e. The first-order valence-electron chi connectivity index (χ1n) is 10.9. The molecule has 0 aliphatic rings. The summed E-state index contributed by atoms with van der Waals surface area (Å²) in [6.07, 6.45) is 1.15. The van der Waals surface area contributed by atoms with Gasteiger partial charge in [0.05, 0.1) is 17.1 Å². The van der Waals surface area contributed by atoms with Gasteiger partial charge >= 0.3 is 5.97 Å². The van der Waals surface area contributed by atoms with Gasteiger partial charge in [-0.25, -0.2) is 4.98 Å². The summed E-state index contributed by atoms with van der Waals surface area (Å²) in [6.45, 7) is 8.19. The van der Waals surface area contributed by atoms with Gasteiger partial charge in [0, 0.05) is 13.0 Å². The SMILES string of the molecule is Cc1ccc(C)c(OCC(=O)NCCCc2nc3ccccc3n2CC(=O)OC(C)C)c1. The van der Waals surface area contributed by atoms with E-state index in [-0.39, 0.29) is 31.1 Å². The molecule has 1 amide bonds. The van der Waals surface area contributed by atoms with E-state index in [0.717, 1.165) is 33.7 Å². The molecule has 7 nitrogen and oxygen atoms in total. The van der Waals surface area contributed by atoms with Crippen molar-refractivity contribution in [3.8, 4) is 5.75 Å². The van der Waals surface area contributed by atoms with Crippen LogP contribution in [0.4, 0.5) is 0 Å². The molecule has 0 atom stereocenters. The second kappa shape index (κ2) is 10.8. The lowest BCUT2D eigenvalue weighted by Crippen LogP contribution is -2.30. The molecule has 0 aliphatic heterocycles. The van der Waals surface area contributed by atoms with Crippen LogP contribution in [0.2, 0.25) is 0 Å². The molecule has 1 N–H and O–H groups in total. The van der Waals surface area contributed by atoms with Crippen LogP contribution in [0.1, 0.15) is 37.2 Å². The Morgan fingerprint density at radius 2 is 1.91 bits per heavy atom. The number of carbonyl (C=O) groups excluding carboxylic acids is 2. The molecule has 0 aliphatic carbocycles. The summed E-state index contributed by atoms with van der Waals surface area (Å²) in [5, 5.41) is 2.88. The van der Waals surface area contributed by atoms with Crippen molar-refractivity contribution in [2.45, 2.75) is 53.2 Å². The Labute approximate surface area is 188 Å². The minimum Gasteiger partial charge on any atom is -0.483 e. The Morgan fingerprint density at radius 1 is 1.12 bits per heavy atom. The van der Waals surface area contributed by atoms with Crippen LogP contribution >= 0.6 is 0 Å². The number of esters is 1. The van der Waals surface area contributed by atoms with Gasteiger partial charge in [-0.05, 0) is 63.4 Å². The number of ether oxygens (including phenoxy) is 2. The molecule has 3 rings (SSSR count). The fraction of sp³-hybridized carbons (Fsp3) is 0.400. The summed E-state index contributed by atoms with van der Waals surface area (Å²) >= 11 is 0. The maximum absolute atomic E-state index is 12.2. The molecule has 0 fully saturated rings. The normalized spacial score (nSPS) is 11.0. The van der Waals surface area contributed by atoms with Gasteiger partial charge in [0.25, 0.3) is 5.91 Å². The highest BCUT2D eigenvalue weighted by molar-refractivity contribution is 5.79. The molecule has 0 bridgehead atoms. The monoisotopic (exact) mass is 437 g/mol. The van der Waals surface area contributed by atoms with Crippen LogP contribution in [0.25, 0.3) is 11.0 Å². The summed E-state index contributed by atoms with van der Waals surface area (Å²) in [4.78, 5) is 29.1. The lowest BCUT2D eigenvalue weighted by Gasteiger charge is -2.12. The number of aryl methyl sites for hydroxylation is 3. The third-order valence-corrected chi connectivity index (χ3v) is 4.99. The molecular formula is C25H31N3O4. The van der Waals surface area contributed by atoms with Crippen LogP contribution in [-0.2, 0) is 27.3 Å². The fourth-order valence-electron chi connectivity index (χ4n) is 3.45. The van der Waals surface area contributed by atoms with Crippen LogP contribution in [-0.4, -0.2) is 40.7 Å². The third-order valence-electron chi connectivity index (χ3n) is 4.99. The van der Waals surface area contributed by atoms with E-state index in [4.69, 9.17) is 9.47 Å². The zero-order valence-corrected chi connectivity index (χ0v) is 19.2. The summed E-state index contributed by atoms with van der Waals surface area (Å²) in [5.74, 6) is 1.07. The highest BCUT2D eigenvalue weighted by Gasteiger charge is 2.15. The quantitative estimate of drug-likeness (QED) is 0.386. The van der Waals surface area contributed by atoms with Crippen LogP contribution in [0, 0.1) is 13.8 Å². The number of para-hydroxylation sites is 2. The molecule has 0 saturated carbocycles. The number of nitrogens with one attached hydrogen (secondary N) is 1. The molecule has 7 heteroatoms. The predicted molar refractivity (Wildman–Crippen MR) is 124 cm³/mol. The van der Waals surface area contributed by atoms with E-state index in [1.54, 1.807) is 0 Å². The van der Waals surface area contributed by atoms with Gasteiger partial charge in [-0.1, -0.05) is 24.3 Å². The minimum atomic E-state index is -0.290. The molecule has 170 valence electrons. The molecule has 0 unspecified atom stereocenters. The molecule has 2 aromatic carbocycles. The zero-order valence-electron chi connectivity index (χ0n) is 19.2. The maximum atomic E-state index is 12.2. The van der Waals surface area contributed by atoms with E-state index in [9.17, 15) is 9.59 Å². The first-order chi connectivity index (χ1) is 15.3. The summed E-state index contributed by atoms with van der Waals surface area (Å²) in [6, 6.07) is 13.6. The van der Waals surface area contributed by atoms with Gasteiger partial charge in [-0.15, -0.1) is 0 Å². The van der Waals surface area contributed by atoms with Crippen molar-refractivity contribution in [2.75, 3.05) is 13.2 Å². The average Bonchev–Trinajstić information content (AvgIpc) is 3.08. The number of fused-ring (bicyclic) bond motifs is 1. The Balaban J connectivity index is 1.53. The lowest BCUT2D eigenvalue weighted by atomic mass is 10.1. The minimum absolute atomic E-state index is 0.0240. The molecule has 1 heterocycles. The zero-order chi connectivity index (χ0) is 23.1. The van der Waals surface area contributed by atoms with Gasteiger partial charge in [-0.3, -0.25) is 9.59 Å². The number of rotatable bonds is 10. The van der Waals surface area contributed by atoms with E-state index in [0.29, 0.717) is 19.4 Å². The van der Waals surface area contributed by atoms with Crippen molar-refractivity contribution in [1.29, 1.82) is 0 Å². The molecule has 0 saturated heterocycles. The number of imidazole rings is 1. The summed E-state index contributed by atoms with van der Waals surface area (Å²) < 4.78 is 12.8. The fourth-order valence-corrected chi connectivity index (χ4v) is 3.45. The molecule has 0 spiro atoms. The highest BCUT2D eigenvalue weighted by atomic mass is 16.5. The number of amides is 1. The van der Waals surface area contributed by atoms with E-state index in [1.807, 2.05) is 74.7 Å². The average molecular weight is 438 g/mol. The molecule has 3 aromatic rings. The Kier molecular flexibility index (Phi) is 7.87. The van der Waals surface area contributed by atoms with E-state index >= 15 is 0 Å². The van der Waals surface area contributed by atoms with Crippen molar-refractivity contribution in [1.82, 2.24) is 14.9 Å². The molecule has 1 aromatic heterocycles. The van der Waals surface area contributed by atoms with Gasteiger partial charge in [-0.2, -0.15) is 0 Å². The number of hydrogen-bond donors (Lipinski definition) is 1. The second-order valence-electron chi connectivity index (χ2n) is 8.15. The molecule has 0 radical (unpaired) electrons. The lowest BCUT2D eigenvalue weighted by molar-refractivity contribution is -0.148. The van der Waals surface area contributed by atoms with Crippen LogP contribution in [0.15, 0.2) is 42.5 Å². The van der Waals surface area contributed by atoms with E-state index in [1.165, 1.54) is 0 Å². The van der Waals surface area contributed by atoms with Gasteiger partial charge < -0.3 is 19.4 Å². The topological polar surface area (TPSA) is 82.5 Å². The van der Waals surface area contributed by atoms with Crippen molar-refractivity contribution >= 4 is 22.9 Å². The summed E-state index contributed by atoms with van der Waals surface area (Å²) in [5.41, 5.74) is 3.82. The van der Waals surface area contributed by atoms with Gasteiger partial charge in [0.1, 0.15) is 18.1 Å². The Morgan fingerprint density at radius 3 is 2.69 bits per heavy atom. The second-order valence-corrected chi connectivity index (χ2v) is 8.15. The van der Waals surface area contributed by atoms with E-state index < -0.39 is 0 Å². The first-order valence-corrected chi connectivity index (χ1v) is 10.9. The largest absolute Gasteiger partial charge is 0.483 e. The highest BCUT2D eigenvalue weighted by Crippen LogP contribution is 2.19. The van der Waals surface area contributed by atoms with Crippen molar-refractivity contribution in [2.24, 2.45) is 0 Å². The Hall–Kier alpha value is -3.35. The van der Waals surface area contributed by atoms with Crippen LogP contribution < -0.4 is 10.1 Å². The maximum Gasteiger partial charge on any atom is 0.326 e. The third kappa shape index (κ3) is 6.33. The number of nitrogens with zero attached hydrogens (tertiary/aromatic N) is 2. The molecular weight excluding hydrogens is 406 g/mol. The number of carbonyl (C=O) groups is 2. The predicted octanol–water partition coefficient (Wildman–Crippen LogP) is 3.73. The van der Waals surface area contributed by atoms with Crippen molar-refractivity contribution in [3.63, 3.8) is 0 Å².